The fourth-order valence-electron chi connectivity index (χ4n) is 1.59. The van der Waals surface area contributed by atoms with Gasteiger partial charge in [-0.2, -0.15) is 5.10 Å². The zero-order valence-electron chi connectivity index (χ0n) is 10.2. The molecular weight excluding hydrogens is 271 g/mol. The molecule has 0 aliphatic carbocycles. The molecule has 2 rings (SSSR count). The van der Waals surface area contributed by atoms with Gasteiger partial charge in [-0.25, -0.2) is 22.5 Å². The van der Waals surface area contributed by atoms with Crippen molar-refractivity contribution in [2.75, 3.05) is 10.5 Å². The third-order valence-electron chi connectivity index (χ3n) is 2.36. The summed E-state index contributed by atoms with van der Waals surface area (Å²) in [7, 11) is -3.42. The molecule has 0 saturated heterocycles. The Morgan fingerprint density at radius 3 is 2.79 bits per heavy atom. The van der Waals surface area contributed by atoms with Crippen LogP contribution in [0.5, 0.6) is 0 Å². The number of hydrogen-bond donors (Lipinski definition) is 1. The van der Waals surface area contributed by atoms with Crippen molar-refractivity contribution in [3.05, 3.63) is 36.7 Å². The fraction of sp³-hybridized carbons (Fsp3) is 0.273. The predicted octanol–water partition coefficient (Wildman–Crippen LogP) is 1.56. The topological polar surface area (TPSA) is 76.9 Å². The van der Waals surface area contributed by atoms with Crippen LogP contribution in [0.1, 0.15) is 13.3 Å². The third kappa shape index (κ3) is 3.28. The van der Waals surface area contributed by atoms with E-state index in [9.17, 15) is 12.8 Å². The number of nitrogens with zero attached hydrogens (tertiary/aromatic N) is 3. The third-order valence-corrected chi connectivity index (χ3v) is 3.85. The second-order valence-corrected chi connectivity index (χ2v) is 5.77. The van der Waals surface area contributed by atoms with Crippen molar-refractivity contribution >= 4 is 15.7 Å². The second-order valence-electron chi connectivity index (χ2n) is 3.93. The zero-order chi connectivity index (χ0) is 13.9. The SMILES string of the molecule is CCCS(=O)(=O)Nc1ccc(-n2cncn2)c(F)c1. The van der Waals surface area contributed by atoms with Crippen LogP contribution in [0.25, 0.3) is 5.69 Å². The van der Waals surface area contributed by atoms with E-state index in [0.717, 1.165) is 6.07 Å². The van der Waals surface area contributed by atoms with Crippen LogP contribution in [0, 0.1) is 5.82 Å². The molecule has 1 heterocycles. The van der Waals surface area contributed by atoms with Gasteiger partial charge in [-0.3, -0.25) is 4.72 Å². The van der Waals surface area contributed by atoms with E-state index in [2.05, 4.69) is 14.8 Å². The largest absolute Gasteiger partial charge is 0.283 e. The van der Waals surface area contributed by atoms with Crippen molar-refractivity contribution in [2.24, 2.45) is 0 Å². The van der Waals surface area contributed by atoms with Gasteiger partial charge in [-0.1, -0.05) is 6.92 Å². The highest BCUT2D eigenvalue weighted by Gasteiger charge is 2.11. The smallest absolute Gasteiger partial charge is 0.232 e. The summed E-state index contributed by atoms with van der Waals surface area (Å²) in [5, 5.41) is 3.81. The van der Waals surface area contributed by atoms with Gasteiger partial charge in [0.25, 0.3) is 0 Å². The lowest BCUT2D eigenvalue weighted by atomic mass is 10.3. The van der Waals surface area contributed by atoms with E-state index in [4.69, 9.17) is 0 Å². The fourth-order valence-corrected chi connectivity index (χ4v) is 2.71. The normalized spacial score (nSPS) is 11.5. The van der Waals surface area contributed by atoms with Crippen LogP contribution < -0.4 is 4.72 Å². The van der Waals surface area contributed by atoms with Crippen LogP contribution in [0.2, 0.25) is 0 Å². The standard InChI is InChI=1S/C11H13FN4O2S/c1-2-5-19(17,18)15-9-3-4-11(10(12)6-9)16-8-13-7-14-16/h3-4,6-8,15H,2,5H2,1H3. The molecule has 0 unspecified atom stereocenters. The Bertz CT molecular complexity index is 655. The molecule has 1 aromatic heterocycles. The number of aromatic nitrogens is 3. The second kappa shape index (κ2) is 5.35. The lowest BCUT2D eigenvalue weighted by Gasteiger charge is -2.08. The van der Waals surface area contributed by atoms with E-state index < -0.39 is 15.8 Å². The average molecular weight is 284 g/mol. The summed E-state index contributed by atoms with van der Waals surface area (Å²) in [4.78, 5) is 3.72. The van der Waals surface area contributed by atoms with Crippen LogP contribution in [0.4, 0.5) is 10.1 Å². The minimum absolute atomic E-state index is 0.000549. The van der Waals surface area contributed by atoms with Crippen LogP contribution in [-0.2, 0) is 10.0 Å². The number of anilines is 1. The van der Waals surface area contributed by atoms with Crippen LogP contribution in [0.15, 0.2) is 30.9 Å². The molecule has 8 heteroatoms. The van der Waals surface area contributed by atoms with Gasteiger partial charge in [0.05, 0.1) is 11.4 Å². The number of halogens is 1. The lowest BCUT2D eigenvalue weighted by molar-refractivity contribution is 0.599. The highest BCUT2D eigenvalue weighted by molar-refractivity contribution is 7.92. The highest BCUT2D eigenvalue weighted by atomic mass is 32.2. The van der Waals surface area contributed by atoms with Crippen molar-refractivity contribution in [3.63, 3.8) is 0 Å². The van der Waals surface area contributed by atoms with Gasteiger partial charge in [-0.15, -0.1) is 0 Å². The van der Waals surface area contributed by atoms with Crippen molar-refractivity contribution in [3.8, 4) is 5.69 Å². The zero-order valence-corrected chi connectivity index (χ0v) is 11.1. The minimum atomic E-state index is -3.42. The summed E-state index contributed by atoms with van der Waals surface area (Å²) in [5.74, 6) is -0.582. The first-order valence-electron chi connectivity index (χ1n) is 5.67. The molecule has 0 radical (unpaired) electrons. The number of hydrogen-bond acceptors (Lipinski definition) is 4. The number of nitrogens with one attached hydrogen (secondary N) is 1. The van der Waals surface area contributed by atoms with Crippen molar-refractivity contribution in [1.29, 1.82) is 0 Å². The summed E-state index contributed by atoms with van der Waals surface area (Å²) in [5.41, 5.74) is 0.394. The van der Waals surface area contributed by atoms with Gasteiger partial charge in [-0.05, 0) is 18.6 Å². The number of rotatable bonds is 5. The minimum Gasteiger partial charge on any atom is -0.283 e. The molecule has 0 fully saturated rings. The Labute approximate surface area is 110 Å². The average Bonchev–Trinajstić information content (AvgIpc) is 2.81. The monoisotopic (exact) mass is 284 g/mol. The molecule has 1 aromatic carbocycles. The molecular formula is C11H13FN4O2S. The van der Waals surface area contributed by atoms with Crippen molar-refractivity contribution < 1.29 is 12.8 Å². The molecule has 19 heavy (non-hydrogen) atoms. The summed E-state index contributed by atoms with van der Waals surface area (Å²) in [6, 6.07) is 4.03. The van der Waals surface area contributed by atoms with Gasteiger partial charge in [0, 0.05) is 6.07 Å². The summed E-state index contributed by atoms with van der Waals surface area (Å²) in [6.07, 6.45) is 3.14. The Morgan fingerprint density at radius 2 is 2.21 bits per heavy atom. The van der Waals surface area contributed by atoms with Gasteiger partial charge < -0.3 is 0 Å². The van der Waals surface area contributed by atoms with E-state index in [0.29, 0.717) is 6.42 Å². The Kier molecular flexibility index (Phi) is 3.79. The van der Waals surface area contributed by atoms with E-state index in [1.165, 1.54) is 29.5 Å². The van der Waals surface area contributed by atoms with E-state index in [1.807, 2.05) is 0 Å². The maximum atomic E-state index is 13.9. The summed E-state index contributed by atoms with van der Waals surface area (Å²) < 4.78 is 40.6. The van der Waals surface area contributed by atoms with Crippen LogP contribution >= 0.6 is 0 Å². The van der Waals surface area contributed by atoms with Gasteiger partial charge >= 0.3 is 0 Å². The molecule has 0 amide bonds. The molecule has 102 valence electrons. The van der Waals surface area contributed by atoms with Gasteiger partial charge in [0.1, 0.15) is 18.3 Å². The molecule has 6 nitrogen and oxygen atoms in total. The first-order valence-corrected chi connectivity index (χ1v) is 7.32. The quantitative estimate of drug-likeness (QED) is 0.904. The molecule has 0 saturated carbocycles. The highest BCUT2D eigenvalue weighted by Crippen LogP contribution is 2.18. The maximum Gasteiger partial charge on any atom is 0.232 e. The maximum absolute atomic E-state index is 13.9. The van der Waals surface area contributed by atoms with E-state index >= 15 is 0 Å². The predicted molar refractivity (Wildman–Crippen MR) is 69.0 cm³/mol. The molecule has 0 aliphatic rings. The lowest BCUT2D eigenvalue weighted by Crippen LogP contribution is -2.16. The first-order chi connectivity index (χ1) is 9.02. The number of benzene rings is 1. The van der Waals surface area contributed by atoms with Crippen molar-refractivity contribution in [2.45, 2.75) is 13.3 Å². The molecule has 0 spiro atoms. The van der Waals surface area contributed by atoms with Crippen LogP contribution in [0.3, 0.4) is 0 Å². The van der Waals surface area contributed by atoms with E-state index in [1.54, 1.807) is 6.92 Å². The first kappa shape index (κ1) is 13.5. The van der Waals surface area contributed by atoms with Gasteiger partial charge in [0.2, 0.25) is 10.0 Å². The molecule has 0 bridgehead atoms. The molecule has 1 N–H and O–H groups in total. The summed E-state index contributed by atoms with van der Waals surface area (Å²) in [6.45, 7) is 1.76. The van der Waals surface area contributed by atoms with Gasteiger partial charge in [0.15, 0.2) is 5.82 Å². The molecule has 2 aromatic rings. The van der Waals surface area contributed by atoms with E-state index in [-0.39, 0.29) is 17.1 Å². The Morgan fingerprint density at radius 1 is 1.42 bits per heavy atom. The van der Waals surface area contributed by atoms with Crippen LogP contribution in [-0.4, -0.2) is 28.9 Å². The molecule has 0 aliphatic heterocycles. The Hall–Kier alpha value is -1.96. The molecule has 0 atom stereocenters. The Balaban J connectivity index is 2.25. The number of sulfonamides is 1. The summed E-state index contributed by atoms with van der Waals surface area (Å²) >= 11 is 0. The van der Waals surface area contributed by atoms with Crippen molar-refractivity contribution in [1.82, 2.24) is 14.8 Å².